The molecule has 1 aromatic rings. The van der Waals surface area contributed by atoms with Crippen LogP contribution >= 0.6 is 0 Å². The van der Waals surface area contributed by atoms with Crippen LogP contribution in [0.4, 0.5) is 0 Å². The number of hydrogen-bond donors (Lipinski definition) is 0. The Bertz CT molecular complexity index is 1200. The Hall–Kier alpha value is -1.12. The molecule has 1 aliphatic rings. The molecular weight excluding hydrogens is 458 g/mol. The fourth-order valence-corrected chi connectivity index (χ4v) is 3.92. The zero-order chi connectivity index (χ0) is 21.0. The average molecular weight is 468 g/mol. The second-order valence-electron chi connectivity index (χ2n) is 5.43. The number of rotatable bonds is 6. The largest absolute Gasteiger partial charge is 1.00 e. The van der Waals surface area contributed by atoms with Crippen molar-refractivity contribution in [2.45, 2.75) is 17.0 Å². The molecule has 0 saturated carbocycles. The van der Waals surface area contributed by atoms with Crippen molar-refractivity contribution < 1.29 is 85.1 Å². The van der Waals surface area contributed by atoms with Crippen LogP contribution in [0, 0.1) is 0 Å². The third-order valence-corrected chi connectivity index (χ3v) is 5.53. The van der Waals surface area contributed by atoms with Gasteiger partial charge in [-0.2, -0.15) is 0 Å². The Morgan fingerprint density at radius 2 is 1.53 bits per heavy atom. The van der Waals surface area contributed by atoms with E-state index < -0.39 is 42.1 Å². The average Bonchev–Trinajstić information content (AvgIpc) is 2.60. The minimum Gasteiger partial charge on any atom is -0.744 e. The molecule has 0 aromatic heterocycles. The second kappa shape index (κ2) is 11.5. The zero-order valence-electron chi connectivity index (χ0n) is 15.8. The quantitative estimate of drug-likeness (QED) is 0.137. The SMILES string of the molecule is [N-]=[N+]=NC1(N=[N+]=[N-])C=CC(C=Cc2ccccc2S(=O)(=O)[O-])=C(S(=O)(=O)[O-])C1.[Na+].[Na+]. The molecule has 0 radical (unpaired) electrons. The summed E-state index contributed by atoms with van der Waals surface area (Å²) in [5.74, 6) is 0. The monoisotopic (exact) mass is 468 g/mol. The van der Waals surface area contributed by atoms with Crippen molar-refractivity contribution in [2.75, 3.05) is 0 Å². The predicted octanol–water partition coefficient (Wildman–Crippen LogP) is -3.31. The summed E-state index contributed by atoms with van der Waals surface area (Å²) in [5.41, 5.74) is 15.1. The van der Waals surface area contributed by atoms with Gasteiger partial charge in [0.25, 0.3) is 0 Å². The van der Waals surface area contributed by atoms with Crippen molar-refractivity contribution in [3.05, 3.63) is 79.4 Å². The Morgan fingerprint density at radius 3 is 2.03 bits per heavy atom. The molecule has 1 aliphatic carbocycles. The standard InChI is InChI=1S/C14H12N6O6S2.2Na/c15-19-17-14(18-20-16)8-7-11(13(9-14)28(24,25)26)6-5-10-3-1-2-4-12(10)27(21,22)23;;/h1-8H,9H2,(H,21,22,23)(H,24,25,26);;/q;2*+1/p-2. The Labute approximate surface area is 216 Å². The summed E-state index contributed by atoms with van der Waals surface area (Å²) in [6, 6.07) is 5.18. The zero-order valence-corrected chi connectivity index (χ0v) is 21.4. The third-order valence-electron chi connectivity index (χ3n) is 3.64. The van der Waals surface area contributed by atoms with E-state index in [-0.39, 0.29) is 70.3 Å². The van der Waals surface area contributed by atoms with E-state index in [0.29, 0.717) is 0 Å². The molecular formula is C14H10N6Na2O6S2. The van der Waals surface area contributed by atoms with Crippen molar-refractivity contribution in [2.24, 2.45) is 10.2 Å². The van der Waals surface area contributed by atoms with Crippen LogP contribution in [0.1, 0.15) is 12.0 Å². The molecule has 0 fully saturated rings. The molecule has 0 N–H and O–H groups in total. The molecule has 16 heteroatoms. The minimum atomic E-state index is -5.05. The van der Waals surface area contributed by atoms with E-state index in [1.165, 1.54) is 18.2 Å². The number of hydrogen-bond acceptors (Lipinski definition) is 8. The maximum atomic E-state index is 11.6. The van der Waals surface area contributed by atoms with E-state index in [1.54, 1.807) is 0 Å². The molecule has 0 atom stereocenters. The molecule has 0 saturated heterocycles. The van der Waals surface area contributed by atoms with Crippen LogP contribution in [0.2, 0.25) is 0 Å². The van der Waals surface area contributed by atoms with Gasteiger partial charge in [0.1, 0.15) is 25.9 Å². The summed E-state index contributed by atoms with van der Waals surface area (Å²) in [5, 5.41) is 6.52. The van der Waals surface area contributed by atoms with Gasteiger partial charge in [-0.1, -0.05) is 52.7 Å². The van der Waals surface area contributed by atoms with Crippen molar-refractivity contribution in [3.63, 3.8) is 0 Å². The molecule has 30 heavy (non-hydrogen) atoms. The smallest absolute Gasteiger partial charge is 0.744 e. The first-order chi connectivity index (χ1) is 13.0. The van der Waals surface area contributed by atoms with Crippen molar-refractivity contribution in [1.29, 1.82) is 0 Å². The van der Waals surface area contributed by atoms with Crippen LogP contribution in [0.3, 0.4) is 0 Å². The number of azide groups is 1. The van der Waals surface area contributed by atoms with Gasteiger partial charge in [-0.25, -0.2) is 16.8 Å². The van der Waals surface area contributed by atoms with Crippen LogP contribution < -0.4 is 59.1 Å². The molecule has 1 aromatic carbocycles. The maximum absolute atomic E-state index is 11.6. The van der Waals surface area contributed by atoms with Crippen LogP contribution in [0.25, 0.3) is 27.0 Å². The van der Waals surface area contributed by atoms with Crippen molar-refractivity contribution in [1.82, 2.24) is 0 Å². The fraction of sp³-hybridized carbons (Fsp3) is 0.143. The Balaban J connectivity index is 0.00000420. The van der Waals surface area contributed by atoms with Gasteiger partial charge in [-0.3, -0.25) is 0 Å². The molecule has 0 heterocycles. The topological polar surface area (TPSA) is 212 Å². The molecule has 0 unspecified atom stereocenters. The van der Waals surface area contributed by atoms with E-state index in [1.807, 2.05) is 0 Å². The van der Waals surface area contributed by atoms with Gasteiger partial charge in [0, 0.05) is 21.1 Å². The van der Waals surface area contributed by atoms with E-state index in [0.717, 1.165) is 30.4 Å². The van der Waals surface area contributed by atoms with Gasteiger partial charge in [0.15, 0.2) is 0 Å². The van der Waals surface area contributed by atoms with Gasteiger partial charge in [0.05, 0.1) is 4.90 Å². The predicted molar refractivity (Wildman–Crippen MR) is 94.9 cm³/mol. The number of benzene rings is 1. The van der Waals surface area contributed by atoms with Crippen LogP contribution in [-0.4, -0.2) is 31.6 Å². The van der Waals surface area contributed by atoms with E-state index in [2.05, 4.69) is 20.1 Å². The summed E-state index contributed by atoms with van der Waals surface area (Å²) < 4.78 is 68.8. The second-order valence-corrected chi connectivity index (χ2v) is 8.17. The van der Waals surface area contributed by atoms with Crippen LogP contribution in [-0.2, 0) is 20.2 Å². The van der Waals surface area contributed by atoms with E-state index in [4.69, 9.17) is 11.1 Å². The summed E-state index contributed by atoms with van der Waals surface area (Å²) >= 11 is 0. The molecule has 0 amide bonds. The summed E-state index contributed by atoms with van der Waals surface area (Å²) in [7, 11) is -9.83. The molecule has 146 valence electrons. The van der Waals surface area contributed by atoms with Gasteiger partial charge in [-0.15, -0.1) is 0 Å². The third kappa shape index (κ3) is 7.24. The van der Waals surface area contributed by atoms with Crippen LogP contribution in [0.5, 0.6) is 0 Å². The van der Waals surface area contributed by atoms with Crippen molar-refractivity contribution >= 4 is 26.3 Å². The molecule has 0 aliphatic heterocycles. The molecule has 0 bridgehead atoms. The molecule has 12 nitrogen and oxygen atoms in total. The van der Waals surface area contributed by atoms with Gasteiger partial charge in [0.2, 0.25) is 0 Å². The van der Waals surface area contributed by atoms with Crippen molar-refractivity contribution in [3.8, 4) is 0 Å². The van der Waals surface area contributed by atoms with E-state index in [9.17, 15) is 25.9 Å². The summed E-state index contributed by atoms with van der Waals surface area (Å²) in [6.45, 7) is 0. The maximum Gasteiger partial charge on any atom is 1.00 e. The summed E-state index contributed by atoms with van der Waals surface area (Å²) in [6.07, 6.45) is 3.73. The van der Waals surface area contributed by atoms with E-state index >= 15 is 0 Å². The Kier molecular flexibility index (Phi) is 11.1. The van der Waals surface area contributed by atoms with Gasteiger partial charge >= 0.3 is 59.1 Å². The number of allylic oxidation sites excluding steroid dienone is 3. The Morgan fingerprint density at radius 1 is 0.967 bits per heavy atom. The van der Waals surface area contributed by atoms with Gasteiger partial charge < -0.3 is 9.11 Å². The fourth-order valence-electron chi connectivity index (χ4n) is 2.43. The molecule has 0 spiro atoms. The number of nitrogens with zero attached hydrogens (tertiary/aromatic N) is 6. The first-order valence-electron chi connectivity index (χ1n) is 7.26. The molecule has 2 rings (SSSR count). The van der Waals surface area contributed by atoms with Crippen LogP contribution in [0.15, 0.2) is 68.1 Å². The first kappa shape index (κ1) is 28.9. The summed E-state index contributed by atoms with van der Waals surface area (Å²) in [4.78, 5) is 3.73. The first-order valence-corrected chi connectivity index (χ1v) is 10.1. The minimum absolute atomic E-state index is 0. The normalized spacial score (nSPS) is 18.6. The van der Waals surface area contributed by atoms with Gasteiger partial charge in [-0.05, 0) is 28.3 Å².